The molecular formula is C18H19F3N6O3. The van der Waals surface area contributed by atoms with Crippen LogP contribution in [0.15, 0.2) is 18.3 Å². The van der Waals surface area contributed by atoms with Gasteiger partial charge in [0.15, 0.2) is 0 Å². The first-order chi connectivity index (χ1) is 14.1. The van der Waals surface area contributed by atoms with Crippen LogP contribution in [0, 0.1) is 18.8 Å². The molecule has 0 bridgehead atoms. The molecule has 1 aliphatic heterocycles. The minimum Gasteiger partial charge on any atom is -0.369 e. The van der Waals surface area contributed by atoms with Crippen LogP contribution < -0.4 is 5.32 Å². The third-order valence-electron chi connectivity index (χ3n) is 5.39. The summed E-state index contributed by atoms with van der Waals surface area (Å²) in [5.41, 5.74) is 2.52. The van der Waals surface area contributed by atoms with E-state index in [1.54, 1.807) is 30.1 Å². The fourth-order valence-electron chi connectivity index (χ4n) is 3.95. The highest BCUT2D eigenvalue weighted by molar-refractivity contribution is 5.88. The number of amides is 1. The summed E-state index contributed by atoms with van der Waals surface area (Å²) in [5, 5.41) is 15.6. The number of nitrogens with zero attached hydrogens (tertiary/aromatic N) is 5. The molecular weight excluding hydrogens is 405 g/mol. The molecule has 1 N–H and O–H groups in total. The molecule has 1 amide bonds. The Morgan fingerprint density at radius 1 is 1.27 bits per heavy atom. The molecule has 30 heavy (non-hydrogen) atoms. The number of aryl methyl sites for hydroxylation is 2. The van der Waals surface area contributed by atoms with E-state index in [1.807, 2.05) is 6.92 Å². The van der Waals surface area contributed by atoms with Crippen LogP contribution in [0.4, 0.5) is 18.0 Å². The Morgan fingerprint density at radius 3 is 2.50 bits per heavy atom. The molecule has 9 nitrogen and oxygen atoms in total. The topological polar surface area (TPSA) is 102 Å². The average Bonchev–Trinajstić information content (AvgIpc) is 2.99. The van der Waals surface area contributed by atoms with E-state index >= 15 is 0 Å². The van der Waals surface area contributed by atoms with Crippen LogP contribution in [-0.4, -0.2) is 62.2 Å². The van der Waals surface area contributed by atoms with Crippen molar-refractivity contribution < 1.29 is 27.5 Å². The number of hydrogen-bond donors (Lipinski definition) is 1. The quantitative estimate of drug-likeness (QED) is 0.585. The van der Waals surface area contributed by atoms with E-state index in [0.717, 1.165) is 16.2 Å². The van der Waals surface area contributed by atoms with Crippen molar-refractivity contribution in [3.8, 4) is 11.3 Å². The molecule has 0 spiro atoms. The highest BCUT2D eigenvalue weighted by Crippen LogP contribution is 2.46. The molecule has 1 saturated carbocycles. The minimum absolute atomic E-state index is 0.110. The maximum atomic E-state index is 12.5. The Balaban J connectivity index is 1.51. The molecule has 1 saturated heterocycles. The van der Waals surface area contributed by atoms with Crippen LogP contribution in [0.1, 0.15) is 11.4 Å². The van der Waals surface area contributed by atoms with Gasteiger partial charge in [0.05, 0.1) is 23.6 Å². The monoisotopic (exact) mass is 424 g/mol. The van der Waals surface area contributed by atoms with E-state index in [1.165, 1.54) is 0 Å². The maximum absolute atomic E-state index is 12.5. The first-order valence-electron chi connectivity index (χ1n) is 9.28. The molecule has 0 aromatic carbocycles. The summed E-state index contributed by atoms with van der Waals surface area (Å²) in [4.78, 5) is 24.6. The van der Waals surface area contributed by atoms with E-state index in [-0.39, 0.29) is 24.4 Å². The molecule has 160 valence electrons. The smallest absolute Gasteiger partial charge is 0.369 e. The van der Waals surface area contributed by atoms with Crippen molar-refractivity contribution in [1.82, 2.24) is 30.2 Å². The summed E-state index contributed by atoms with van der Waals surface area (Å²) in [5.74, 6) is -2.30. The number of piperidine rings is 1. The number of fused-ring (bicyclic) bond motifs is 1. The van der Waals surface area contributed by atoms with Crippen LogP contribution >= 0.6 is 0 Å². The average molecular weight is 424 g/mol. The number of esters is 1. The fourth-order valence-corrected chi connectivity index (χ4v) is 3.95. The van der Waals surface area contributed by atoms with Crippen molar-refractivity contribution in [2.24, 2.45) is 18.9 Å². The normalized spacial score (nSPS) is 22.5. The molecule has 4 rings (SSSR count). The van der Waals surface area contributed by atoms with Crippen LogP contribution in [-0.2, 0) is 23.1 Å². The van der Waals surface area contributed by atoms with Crippen molar-refractivity contribution in [3.63, 3.8) is 0 Å². The number of halogens is 3. The summed E-state index contributed by atoms with van der Waals surface area (Å²) in [7, 11) is 1.78. The zero-order valence-electron chi connectivity index (χ0n) is 16.2. The van der Waals surface area contributed by atoms with Gasteiger partial charge in [-0.25, -0.2) is 9.59 Å². The van der Waals surface area contributed by atoms with Crippen molar-refractivity contribution in [3.05, 3.63) is 29.7 Å². The summed E-state index contributed by atoms with van der Waals surface area (Å²) in [6, 6.07) is 3.03. The first kappa shape index (κ1) is 20.3. The van der Waals surface area contributed by atoms with Gasteiger partial charge in [0.2, 0.25) is 0 Å². The molecule has 1 unspecified atom stereocenters. The number of rotatable bonds is 4. The van der Waals surface area contributed by atoms with Gasteiger partial charge >= 0.3 is 18.2 Å². The van der Waals surface area contributed by atoms with E-state index in [4.69, 9.17) is 0 Å². The lowest BCUT2D eigenvalue weighted by atomic mass is 10.2. The maximum Gasteiger partial charge on any atom is 0.491 e. The number of alkyl halides is 3. The predicted molar refractivity (Wildman–Crippen MR) is 95.7 cm³/mol. The Kier molecular flexibility index (Phi) is 4.96. The second kappa shape index (κ2) is 7.35. The molecule has 3 heterocycles. The Morgan fingerprint density at radius 2 is 1.97 bits per heavy atom. The van der Waals surface area contributed by atoms with Gasteiger partial charge in [0.25, 0.3) is 0 Å². The number of hydrogen-bond acceptors (Lipinski definition) is 7. The second-order valence-electron chi connectivity index (χ2n) is 7.47. The highest BCUT2D eigenvalue weighted by atomic mass is 19.4. The van der Waals surface area contributed by atoms with E-state index in [2.05, 4.69) is 25.3 Å². The summed E-state index contributed by atoms with van der Waals surface area (Å²) >= 11 is 0. The van der Waals surface area contributed by atoms with Gasteiger partial charge in [0, 0.05) is 37.9 Å². The van der Waals surface area contributed by atoms with Crippen molar-refractivity contribution in [1.29, 1.82) is 0 Å². The van der Waals surface area contributed by atoms with Gasteiger partial charge < -0.3 is 10.1 Å². The molecule has 0 radical (unpaired) electrons. The van der Waals surface area contributed by atoms with Gasteiger partial charge in [-0.3, -0.25) is 9.58 Å². The van der Waals surface area contributed by atoms with Gasteiger partial charge in [-0.05, 0) is 30.9 Å². The molecule has 12 heteroatoms. The van der Waals surface area contributed by atoms with E-state index in [9.17, 15) is 22.8 Å². The van der Waals surface area contributed by atoms with Crippen molar-refractivity contribution >= 4 is 12.1 Å². The summed E-state index contributed by atoms with van der Waals surface area (Å²) < 4.78 is 43.2. The largest absolute Gasteiger partial charge is 0.491 e. The molecule has 3 atom stereocenters. The minimum atomic E-state index is -5.24. The Hall–Kier alpha value is -3.02. The molecule has 2 aromatic heterocycles. The van der Waals surface area contributed by atoms with Crippen LogP contribution in [0.25, 0.3) is 11.3 Å². The van der Waals surface area contributed by atoms with E-state index < -0.39 is 18.2 Å². The SMILES string of the molecule is Cc1nn(C)cc1-c1ccc(CN(C(=O)OC(=O)C(F)(F)F)C2[C@H]3CNC[C@@H]23)nn1. The zero-order chi connectivity index (χ0) is 21.6. The number of ether oxygens (including phenoxy) is 1. The zero-order valence-corrected chi connectivity index (χ0v) is 16.2. The molecule has 1 aliphatic carbocycles. The number of carbonyl (C=O) groups excluding carboxylic acids is 2. The first-order valence-corrected chi connectivity index (χ1v) is 9.28. The van der Waals surface area contributed by atoms with Gasteiger partial charge in [-0.15, -0.1) is 0 Å². The number of aromatic nitrogens is 4. The van der Waals surface area contributed by atoms with Crippen LogP contribution in [0.3, 0.4) is 0 Å². The van der Waals surface area contributed by atoms with Gasteiger partial charge in [-0.1, -0.05) is 0 Å². The van der Waals surface area contributed by atoms with Crippen LogP contribution in [0.5, 0.6) is 0 Å². The third kappa shape index (κ3) is 3.86. The Bertz CT molecular complexity index is 965. The number of carbonyl (C=O) groups is 2. The molecule has 2 aliphatic rings. The predicted octanol–water partition coefficient (Wildman–Crippen LogP) is 1.43. The summed E-state index contributed by atoms with van der Waals surface area (Å²) in [6.07, 6.45) is -4.78. The fraction of sp³-hybridized carbons (Fsp3) is 0.500. The molecule has 2 aromatic rings. The van der Waals surface area contributed by atoms with Crippen molar-refractivity contribution in [2.75, 3.05) is 13.1 Å². The van der Waals surface area contributed by atoms with Gasteiger partial charge in [0.1, 0.15) is 0 Å². The third-order valence-corrected chi connectivity index (χ3v) is 5.39. The van der Waals surface area contributed by atoms with Crippen LogP contribution in [0.2, 0.25) is 0 Å². The lowest BCUT2D eigenvalue weighted by Crippen LogP contribution is -2.41. The second-order valence-corrected chi connectivity index (χ2v) is 7.47. The van der Waals surface area contributed by atoms with Gasteiger partial charge in [-0.2, -0.15) is 28.5 Å². The highest BCUT2D eigenvalue weighted by Gasteiger charge is 2.58. The lowest BCUT2D eigenvalue weighted by Gasteiger charge is -2.23. The molecule has 2 fully saturated rings. The van der Waals surface area contributed by atoms with Crippen molar-refractivity contribution in [2.45, 2.75) is 25.7 Å². The van der Waals surface area contributed by atoms with E-state index in [0.29, 0.717) is 24.5 Å². The summed E-state index contributed by atoms with van der Waals surface area (Å²) in [6.45, 7) is 3.02. The Labute approximate surface area is 169 Å². The number of nitrogens with one attached hydrogen (secondary N) is 1. The standard InChI is InChI=1S/C18H19F3N6O3/c1-9-13(8-26(2)25-9)14-4-3-10(23-24-14)7-27(15-11-5-22-6-12(11)15)17(29)30-16(28)18(19,20)21/h3-4,8,11-12,15,22H,5-7H2,1-2H3/t11-,12+,15?. The lowest BCUT2D eigenvalue weighted by molar-refractivity contribution is -0.194.